The molecule has 0 bridgehead atoms. The summed E-state index contributed by atoms with van der Waals surface area (Å²) in [5, 5.41) is 0. The SMILES string of the molecule is COC(=O)CC1C(=O)c2ccccc2N1C(C)=O. The molecule has 94 valence electrons. The van der Waals surface area contributed by atoms with Crippen molar-refractivity contribution in [3.05, 3.63) is 29.8 Å². The topological polar surface area (TPSA) is 63.7 Å². The smallest absolute Gasteiger partial charge is 0.308 e. The molecule has 0 saturated carbocycles. The maximum absolute atomic E-state index is 12.2. The summed E-state index contributed by atoms with van der Waals surface area (Å²) < 4.78 is 4.56. The molecule has 2 rings (SSSR count). The summed E-state index contributed by atoms with van der Waals surface area (Å²) in [5.74, 6) is -0.985. The Balaban J connectivity index is 2.41. The van der Waals surface area contributed by atoms with E-state index in [0.717, 1.165) is 0 Å². The van der Waals surface area contributed by atoms with Crippen LogP contribution in [0.4, 0.5) is 5.69 Å². The number of anilines is 1. The number of Topliss-reactive ketones (excluding diaryl/α,β-unsaturated/α-hetero) is 1. The summed E-state index contributed by atoms with van der Waals surface area (Å²) in [6.07, 6.45) is -0.121. The molecule has 0 saturated heterocycles. The molecular weight excluding hydrogens is 234 g/mol. The molecule has 1 unspecified atom stereocenters. The molecule has 5 nitrogen and oxygen atoms in total. The highest BCUT2D eigenvalue weighted by Gasteiger charge is 2.40. The Morgan fingerprint density at radius 2 is 2.00 bits per heavy atom. The van der Waals surface area contributed by atoms with Crippen LogP contribution in [0.15, 0.2) is 24.3 Å². The molecular formula is C13H13NO4. The zero-order chi connectivity index (χ0) is 13.3. The van der Waals surface area contributed by atoms with Crippen LogP contribution in [0.1, 0.15) is 23.7 Å². The van der Waals surface area contributed by atoms with E-state index < -0.39 is 12.0 Å². The zero-order valence-corrected chi connectivity index (χ0v) is 10.2. The molecule has 1 atom stereocenters. The minimum Gasteiger partial charge on any atom is -0.469 e. The lowest BCUT2D eigenvalue weighted by Gasteiger charge is -2.21. The maximum Gasteiger partial charge on any atom is 0.308 e. The second kappa shape index (κ2) is 4.60. The van der Waals surface area contributed by atoms with E-state index in [-0.39, 0.29) is 18.1 Å². The number of fused-ring (bicyclic) bond motifs is 1. The van der Waals surface area contributed by atoms with Crippen molar-refractivity contribution in [1.82, 2.24) is 0 Å². The summed E-state index contributed by atoms with van der Waals surface area (Å²) in [4.78, 5) is 36.5. The van der Waals surface area contributed by atoms with Crippen molar-refractivity contribution in [2.45, 2.75) is 19.4 Å². The number of benzene rings is 1. The van der Waals surface area contributed by atoms with E-state index >= 15 is 0 Å². The molecule has 1 aromatic carbocycles. The third-order valence-corrected chi connectivity index (χ3v) is 2.97. The van der Waals surface area contributed by atoms with Crippen molar-refractivity contribution in [2.75, 3.05) is 12.0 Å². The van der Waals surface area contributed by atoms with Gasteiger partial charge in [0.15, 0.2) is 5.78 Å². The van der Waals surface area contributed by atoms with Crippen LogP contribution in [0.5, 0.6) is 0 Å². The zero-order valence-electron chi connectivity index (χ0n) is 10.2. The first kappa shape index (κ1) is 12.3. The van der Waals surface area contributed by atoms with Crippen molar-refractivity contribution in [1.29, 1.82) is 0 Å². The van der Waals surface area contributed by atoms with Crippen molar-refractivity contribution in [3.63, 3.8) is 0 Å². The molecule has 0 fully saturated rings. The lowest BCUT2D eigenvalue weighted by Crippen LogP contribution is -2.40. The number of hydrogen-bond acceptors (Lipinski definition) is 4. The third kappa shape index (κ3) is 1.88. The molecule has 1 aromatic rings. The van der Waals surface area contributed by atoms with Crippen LogP contribution < -0.4 is 4.90 Å². The summed E-state index contributed by atoms with van der Waals surface area (Å²) in [6.45, 7) is 1.37. The van der Waals surface area contributed by atoms with E-state index in [1.54, 1.807) is 24.3 Å². The van der Waals surface area contributed by atoms with Gasteiger partial charge in [0.2, 0.25) is 5.91 Å². The number of rotatable bonds is 2. The Hall–Kier alpha value is -2.17. The molecule has 1 aliphatic heterocycles. The second-order valence-electron chi connectivity index (χ2n) is 4.07. The van der Waals surface area contributed by atoms with Gasteiger partial charge < -0.3 is 9.64 Å². The molecule has 0 aliphatic carbocycles. The van der Waals surface area contributed by atoms with Gasteiger partial charge in [-0.2, -0.15) is 0 Å². The van der Waals surface area contributed by atoms with E-state index in [0.29, 0.717) is 11.3 Å². The largest absolute Gasteiger partial charge is 0.469 e. The number of ether oxygens (including phenoxy) is 1. The molecule has 0 radical (unpaired) electrons. The third-order valence-electron chi connectivity index (χ3n) is 2.97. The van der Waals surface area contributed by atoms with Gasteiger partial charge >= 0.3 is 5.97 Å². The number of carbonyl (C=O) groups is 3. The average molecular weight is 247 g/mol. The number of hydrogen-bond donors (Lipinski definition) is 0. The quantitative estimate of drug-likeness (QED) is 0.736. The molecule has 1 aliphatic rings. The number of nitrogens with zero attached hydrogens (tertiary/aromatic N) is 1. The van der Waals surface area contributed by atoms with Gasteiger partial charge in [0.1, 0.15) is 6.04 Å². The van der Waals surface area contributed by atoms with Crippen LogP contribution in [0.2, 0.25) is 0 Å². The summed E-state index contributed by atoms with van der Waals surface area (Å²) in [5.41, 5.74) is 1.03. The minimum atomic E-state index is -0.785. The standard InChI is InChI=1S/C13H13NO4/c1-8(15)14-10-6-4-3-5-9(10)13(17)11(14)7-12(16)18-2/h3-6,11H,7H2,1-2H3. The van der Waals surface area contributed by atoms with Crippen LogP contribution in [0, 0.1) is 0 Å². The molecule has 0 spiro atoms. The summed E-state index contributed by atoms with van der Waals surface area (Å²) >= 11 is 0. The number of ketones is 1. The number of para-hydroxylation sites is 1. The van der Waals surface area contributed by atoms with E-state index in [1.807, 2.05) is 0 Å². The highest BCUT2D eigenvalue weighted by molar-refractivity contribution is 6.18. The fourth-order valence-corrected chi connectivity index (χ4v) is 2.17. The van der Waals surface area contributed by atoms with Crippen LogP contribution in [-0.2, 0) is 14.3 Å². The van der Waals surface area contributed by atoms with Crippen molar-refractivity contribution in [3.8, 4) is 0 Å². The van der Waals surface area contributed by atoms with Crippen LogP contribution in [0.3, 0.4) is 0 Å². The predicted molar refractivity (Wildman–Crippen MR) is 64.4 cm³/mol. The van der Waals surface area contributed by atoms with Gasteiger partial charge in [0, 0.05) is 12.5 Å². The molecule has 0 aromatic heterocycles. The average Bonchev–Trinajstić information content (AvgIpc) is 2.63. The molecule has 0 N–H and O–H groups in total. The number of esters is 1. The van der Waals surface area contributed by atoms with Gasteiger partial charge in [0.05, 0.1) is 19.2 Å². The van der Waals surface area contributed by atoms with E-state index in [4.69, 9.17) is 0 Å². The molecule has 5 heteroatoms. The predicted octanol–water partition coefficient (Wildman–Crippen LogP) is 1.17. The first-order valence-electron chi connectivity index (χ1n) is 5.56. The minimum absolute atomic E-state index is 0.121. The van der Waals surface area contributed by atoms with E-state index in [1.165, 1.54) is 18.9 Å². The lowest BCUT2D eigenvalue weighted by molar-refractivity contribution is -0.140. The fourth-order valence-electron chi connectivity index (χ4n) is 2.17. The summed E-state index contributed by atoms with van der Waals surface area (Å²) in [7, 11) is 1.26. The van der Waals surface area contributed by atoms with Crippen LogP contribution in [-0.4, -0.2) is 30.8 Å². The van der Waals surface area contributed by atoms with Gasteiger partial charge in [-0.1, -0.05) is 12.1 Å². The van der Waals surface area contributed by atoms with Gasteiger partial charge in [-0.3, -0.25) is 14.4 Å². The van der Waals surface area contributed by atoms with Crippen molar-refractivity contribution >= 4 is 23.3 Å². The normalized spacial score (nSPS) is 17.6. The Morgan fingerprint density at radius 3 is 2.61 bits per heavy atom. The molecule has 18 heavy (non-hydrogen) atoms. The van der Waals surface area contributed by atoms with Crippen LogP contribution >= 0.6 is 0 Å². The van der Waals surface area contributed by atoms with Crippen molar-refractivity contribution < 1.29 is 19.1 Å². The highest BCUT2D eigenvalue weighted by Crippen LogP contribution is 2.33. The fraction of sp³-hybridized carbons (Fsp3) is 0.308. The van der Waals surface area contributed by atoms with Gasteiger partial charge in [-0.05, 0) is 12.1 Å². The van der Waals surface area contributed by atoms with Crippen molar-refractivity contribution in [2.24, 2.45) is 0 Å². The Labute approximate surface area is 104 Å². The molecule has 1 heterocycles. The van der Waals surface area contributed by atoms with Crippen LogP contribution in [0.25, 0.3) is 0 Å². The first-order valence-corrected chi connectivity index (χ1v) is 5.56. The number of methoxy groups -OCH3 is 1. The second-order valence-corrected chi connectivity index (χ2v) is 4.07. The van der Waals surface area contributed by atoms with Gasteiger partial charge in [-0.15, -0.1) is 0 Å². The maximum atomic E-state index is 12.2. The Kier molecular flexibility index (Phi) is 3.14. The Bertz CT molecular complexity index is 523. The molecule has 1 amide bonds. The monoisotopic (exact) mass is 247 g/mol. The summed E-state index contributed by atoms with van der Waals surface area (Å²) in [6, 6.07) is 6.06. The highest BCUT2D eigenvalue weighted by atomic mass is 16.5. The van der Waals surface area contributed by atoms with E-state index in [9.17, 15) is 14.4 Å². The lowest BCUT2D eigenvalue weighted by atomic mass is 10.1. The van der Waals surface area contributed by atoms with Gasteiger partial charge in [-0.25, -0.2) is 0 Å². The van der Waals surface area contributed by atoms with E-state index in [2.05, 4.69) is 4.74 Å². The number of carbonyl (C=O) groups excluding carboxylic acids is 3. The first-order chi connectivity index (χ1) is 8.56. The Morgan fingerprint density at radius 1 is 1.33 bits per heavy atom. The van der Waals surface area contributed by atoms with Gasteiger partial charge in [0.25, 0.3) is 0 Å². The number of amides is 1.